The van der Waals surface area contributed by atoms with Crippen molar-refractivity contribution in [2.75, 3.05) is 31.1 Å². The van der Waals surface area contributed by atoms with E-state index in [1.165, 1.54) is 11.8 Å². The molecule has 1 amide bonds. The van der Waals surface area contributed by atoms with Gasteiger partial charge in [-0.1, -0.05) is 30.3 Å². The van der Waals surface area contributed by atoms with Crippen LogP contribution in [0.2, 0.25) is 0 Å². The number of hydrogen-bond acceptors (Lipinski definition) is 4. The molecule has 0 spiro atoms. The number of carbonyl (C=O) groups is 1. The Labute approximate surface area is 185 Å². The molecule has 0 saturated carbocycles. The Kier molecular flexibility index (Phi) is 6.63. The lowest BCUT2D eigenvalue weighted by Crippen LogP contribution is -2.52. The number of piperazine rings is 1. The van der Waals surface area contributed by atoms with Crippen LogP contribution in [-0.2, 0) is 0 Å². The van der Waals surface area contributed by atoms with E-state index in [1.54, 1.807) is 11.3 Å². The highest BCUT2D eigenvalue weighted by atomic mass is 32.1. The van der Waals surface area contributed by atoms with Crippen molar-refractivity contribution < 1.29 is 13.6 Å². The first kappa shape index (κ1) is 21.5. The second-order valence-electron chi connectivity index (χ2n) is 7.68. The number of thiophene rings is 1. The highest BCUT2D eigenvalue weighted by Gasteiger charge is 2.32. The summed E-state index contributed by atoms with van der Waals surface area (Å²) in [7, 11) is 0. The van der Waals surface area contributed by atoms with E-state index < -0.39 is 23.1 Å². The number of rotatable bonds is 6. The van der Waals surface area contributed by atoms with Crippen molar-refractivity contribution in [3.63, 3.8) is 0 Å². The maximum Gasteiger partial charge on any atom is 0.257 e. The van der Waals surface area contributed by atoms with Gasteiger partial charge in [0.15, 0.2) is 0 Å². The van der Waals surface area contributed by atoms with Gasteiger partial charge in [-0.15, -0.1) is 11.3 Å². The molecule has 4 rings (SSSR count). The summed E-state index contributed by atoms with van der Waals surface area (Å²) in [6.07, 6.45) is 0. The Morgan fingerprint density at radius 2 is 1.61 bits per heavy atom. The number of benzene rings is 2. The van der Waals surface area contributed by atoms with Crippen molar-refractivity contribution in [3.8, 4) is 0 Å². The second kappa shape index (κ2) is 9.58. The first-order chi connectivity index (χ1) is 15.0. The van der Waals surface area contributed by atoms with Crippen LogP contribution in [0.4, 0.5) is 14.5 Å². The number of anilines is 1. The van der Waals surface area contributed by atoms with Crippen LogP contribution in [0, 0.1) is 11.6 Å². The van der Waals surface area contributed by atoms with E-state index >= 15 is 0 Å². The third-order valence-electron chi connectivity index (χ3n) is 5.69. The van der Waals surface area contributed by atoms with Gasteiger partial charge in [-0.2, -0.15) is 0 Å². The van der Waals surface area contributed by atoms with Crippen LogP contribution in [0.5, 0.6) is 0 Å². The molecule has 1 saturated heterocycles. The van der Waals surface area contributed by atoms with Crippen molar-refractivity contribution >= 4 is 22.9 Å². The van der Waals surface area contributed by atoms with Gasteiger partial charge in [0.2, 0.25) is 0 Å². The van der Waals surface area contributed by atoms with Gasteiger partial charge in [0.25, 0.3) is 5.91 Å². The van der Waals surface area contributed by atoms with Gasteiger partial charge >= 0.3 is 0 Å². The Bertz CT molecular complexity index is 985. The molecular weight excluding hydrogens is 416 g/mol. The van der Waals surface area contributed by atoms with Crippen LogP contribution >= 0.6 is 11.3 Å². The number of para-hydroxylation sites is 1. The monoisotopic (exact) mass is 441 g/mol. The molecule has 2 heterocycles. The van der Waals surface area contributed by atoms with E-state index in [-0.39, 0.29) is 12.1 Å². The van der Waals surface area contributed by atoms with Crippen molar-refractivity contribution in [2.24, 2.45) is 0 Å². The molecule has 1 aliphatic rings. The molecule has 162 valence electrons. The molecule has 31 heavy (non-hydrogen) atoms. The molecule has 1 fully saturated rings. The average Bonchev–Trinajstić information content (AvgIpc) is 3.29. The zero-order valence-corrected chi connectivity index (χ0v) is 18.1. The normalized spacial score (nSPS) is 16.7. The van der Waals surface area contributed by atoms with Gasteiger partial charge in [0.1, 0.15) is 17.2 Å². The molecule has 1 aliphatic heterocycles. The van der Waals surface area contributed by atoms with Gasteiger partial charge in [-0.05, 0) is 42.6 Å². The van der Waals surface area contributed by atoms with Crippen molar-refractivity contribution in [1.29, 1.82) is 0 Å². The van der Waals surface area contributed by atoms with Gasteiger partial charge in [-0.25, -0.2) is 8.78 Å². The Balaban J connectivity index is 1.49. The molecular formula is C24H25F2N3OS. The summed E-state index contributed by atoms with van der Waals surface area (Å²) in [6, 6.07) is 17.4. The molecule has 0 radical (unpaired) electrons. The molecule has 4 nitrogen and oxygen atoms in total. The lowest BCUT2D eigenvalue weighted by molar-refractivity contribution is 0.0882. The number of hydrogen-bond donors (Lipinski definition) is 1. The third-order valence-corrected chi connectivity index (χ3v) is 6.63. The predicted octanol–water partition coefficient (Wildman–Crippen LogP) is 4.71. The minimum Gasteiger partial charge on any atom is -0.369 e. The molecule has 2 unspecified atom stereocenters. The zero-order valence-electron chi connectivity index (χ0n) is 17.3. The van der Waals surface area contributed by atoms with E-state index in [9.17, 15) is 13.6 Å². The van der Waals surface area contributed by atoms with Gasteiger partial charge in [0.05, 0.1) is 6.04 Å². The number of amides is 1. The van der Waals surface area contributed by atoms with E-state index in [2.05, 4.69) is 27.2 Å². The van der Waals surface area contributed by atoms with Crippen molar-refractivity contribution in [1.82, 2.24) is 10.2 Å². The summed E-state index contributed by atoms with van der Waals surface area (Å²) in [5, 5.41) is 4.85. The highest BCUT2D eigenvalue weighted by Crippen LogP contribution is 2.30. The third kappa shape index (κ3) is 4.78. The number of carbonyl (C=O) groups excluding carboxylic acids is 1. The first-order valence-corrected chi connectivity index (χ1v) is 11.2. The molecule has 2 atom stereocenters. The minimum absolute atomic E-state index is 0.0725. The minimum atomic E-state index is -0.853. The van der Waals surface area contributed by atoms with Crippen LogP contribution in [0.1, 0.15) is 28.2 Å². The topological polar surface area (TPSA) is 35.6 Å². The Morgan fingerprint density at radius 1 is 0.935 bits per heavy atom. The fourth-order valence-electron chi connectivity index (χ4n) is 4.17. The molecule has 1 aromatic heterocycles. The van der Waals surface area contributed by atoms with E-state index in [0.29, 0.717) is 0 Å². The summed E-state index contributed by atoms with van der Waals surface area (Å²) in [5.74, 6) is -2.43. The smallest absolute Gasteiger partial charge is 0.257 e. The lowest BCUT2D eigenvalue weighted by Gasteiger charge is -2.42. The largest absolute Gasteiger partial charge is 0.369 e. The molecule has 0 aliphatic carbocycles. The molecule has 7 heteroatoms. The fraction of sp³-hybridized carbons (Fsp3) is 0.292. The lowest BCUT2D eigenvalue weighted by atomic mass is 10.0. The van der Waals surface area contributed by atoms with Crippen LogP contribution < -0.4 is 10.2 Å². The summed E-state index contributed by atoms with van der Waals surface area (Å²) >= 11 is 1.62. The van der Waals surface area contributed by atoms with Crippen LogP contribution in [0.15, 0.2) is 66.0 Å². The second-order valence-corrected chi connectivity index (χ2v) is 8.66. The summed E-state index contributed by atoms with van der Waals surface area (Å²) in [6.45, 7) is 5.28. The van der Waals surface area contributed by atoms with E-state index in [1.807, 2.05) is 42.6 Å². The van der Waals surface area contributed by atoms with Gasteiger partial charge in [-0.3, -0.25) is 9.69 Å². The number of halogens is 2. The van der Waals surface area contributed by atoms with Crippen LogP contribution in [0.25, 0.3) is 0 Å². The predicted molar refractivity (Wildman–Crippen MR) is 121 cm³/mol. The SMILES string of the molecule is CC(NC(=O)c1c(F)cccc1F)C(c1cccs1)N1CCN(c2ccccc2)CC1. The van der Waals surface area contributed by atoms with Crippen LogP contribution in [-0.4, -0.2) is 43.0 Å². The number of nitrogens with one attached hydrogen (secondary N) is 1. The Morgan fingerprint density at radius 3 is 2.23 bits per heavy atom. The molecule has 2 aromatic carbocycles. The van der Waals surface area contributed by atoms with Crippen LogP contribution in [0.3, 0.4) is 0 Å². The van der Waals surface area contributed by atoms with Gasteiger partial charge in [0, 0.05) is 42.8 Å². The maximum absolute atomic E-state index is 14.1. The number of nitrogens with zero attached hydrogens (tertiary/aromatic N) is 2. The van der Waals surface area contributed by atoms with Gasteiger partial charge < -0.3 is 10.2 Å². The van der Waals surface area contributed by atoms with Crippen molar-refractivity contribution in [2.45, 2.75) is 19.0 Å². The summed E-state index contributed by atoms with van der Waals surface area (Å²) in [4.78, 5) is 18.5. The molecule has 3 aromatic rings. The molecule has 1 N–H and O–H groups in total. The highest BCUT2D eigenvalue weighted by molar-refractivity contribution is 7.10. The standard InChI is InChI=1S/C24H25F2N3OS/c1-17(27-24(30)22-19(25)9-5-10-20(22)26)23(21-11-6-16-31-21)29-14-12-28(13-15-29)18-7-3-2-4-8-18/h2-11,16-17,23H,12-15H2,1H3,(H,27,30). The quantitative estimate of drug-likeness (QED) is 0.602. The van der Waals surface area contributed by atoms with E-state index in [0.717, 1.165) is 43.2 Å². The van der Waals surface area contributed by atoms with Crippen molar-refractivity contribution in [3.05, 3.63) is 88.1 Å². The Hall–Kier alpha value is -2.77. The molecule has 0 bridgehead atoms. The summed E-state index contributed by atoms with van der Waals surface area (Å²) in [5.41, 5.74) is 0.666. The fourth-order valence-corrected chi connectivity index (χ4v) is 5.14. The first-order valence-electron chi connectivity index (χ1n) is 10.4. The maximum atomic E-state index is 14.1. The summed E-state index contributed by atoms with van der Waals surface area (Å²) < 4.78 is 28.1. The van der Waals surface area contributed by atoms with E-state index in [4.69, 9.17) is 0 Å². The average molecular weight is 442 g/mol. The zero-order chi connectivity index (χ0) is 21.8.